The van der Waals surface area contributed by atoms with Crippen LogP contribution in [-0.4, -0.2) is 42.1 Å². The summed E-state index contributed by atoms with van der Waals surface area (Å²) in [5, 5.41) is 16.9. The number of carboxylic acids is 1. The highest BCUT2D eigenvalue weighted by molar-refractivity contribution is 7.89. The number of carbonyl (C=O) groups is 1. The molecule has 0 spiro atoms. The molecule has 6 nitrogen and oxygen atoms in total. The third-order valence-electron chi connectivity index (χ3n) is 3.94. The average Bonchev–Trinajstić information content (AvgIpc) is 2.37. The summed E-state index contributed by atoms with van der Waals surface area (Å²) in [6.07, 6.45) is 1.31. The summed E-state index contributed by atoms with van der Waals surface area (Å²) in [5.41, 5.74) is -0.968. The minimum Gasteiger partial charge on any atom is -0.481 e. The Labute approximate surface area is 114 Å². The first kappa shape index (κ1) is 15.9. The molecule has 0 amide bonds. The van der Waals surface area contributed by atoms with Crippen molar-refractivity contribution in [3.05, 3.63) is 0 Å². The summed E-state index contributed by atoms with van der Waals surface area (Å²) < 4.78 is 25.5. The molecule has 1 heterocycles. The number of hydrogen-bond acceptors (Lipinski definition) is 4. The second-order valence-electron chi connectivity index (χ2n) is 5.54. The van der Waals surface area contributed by atoms with Gasteiger partial charge in [-0.25, -0.2) is 12.7 Å². The van der Waals surface area contributed by atoms with Crippen LogP contribution in [0.15, 0.2) is 0 Å². The summed E-state index contributed by atoms with van der Waals surface area (Å²) in [4.78, 5) is 11.2. The predicted octanol–water partition coefficient (Wildman–Crippen LogP) is 1.05. The molecule has 1 fully saturated rings. The maximum atomic E-state index is 12.1. The van der Waals surface area contributed by atoms with E-state index in [1.54, 1.807) is 19.9 Å². The lowest BCUT2D eigenvalue weighted by molar-refractivity contribution is -0.151. The van der Waals surface area contributed by atoms with Gasteiger partial charge in [-0.3, -0.25) is 4.79 Å². The molecule has 19 heavy (non-hydrogen) atoms. The Morgan fingerprint density at radius 1 is 1.53 bits per heavy atom. The molecular weight excluding hydrogens is 268 g/mol. The minimum atomic E-state index is -3.65. The molecule has 0 aromatic carbocycles. The van der Waals surface area contributed by atoms with Crippen molar-refractivity contribution in [1.29, 1.82) is 5.26 Å². The predicted molar refractivity (Wildman–Crippen MR) is 69.7 cm³/mol. The highest BCUT2D eigenvalue weighted by atomic mass is 32.2. The molecule has 2 unspecified atom stereocenters. The molecule has 0 aliphatic carbocycles. The Morgan fingerprint density at radius 3 is 2.58 bits per heavy atom. The van der Waals surface area contributed by atoms with Crippen molar-refractivity contribution in [2.75, 3.05) is 13.1 Å². The van der Waals surface area contributed by atoms with Crippen LogP contribution < -0.4 is 0 Å². The number of piperidine rings is 1. The van der Waals surface area contributed by atoms with Gasteiger partial charge in [-0.1, -0.05) is 0 Å². The van der Waals surface area contributed by atoms with Gasteiger partial charge in [0.15, 0.2) is 5.25 Å². The standard InChI is InChI=1S/C12H20N2O4S/c1-9(7-13)19(17,18)14-6-4-5-10(8-14)12(2,3)11(15)16/h9-10H,4-6,8H2,1-3H3,(H,15,16). The third-order valence-corrected chi connectivity index (χ3v) is 5.99. The third kappa shape index (κ3) is 3.07. The van der Waals surface area contributed by atoms with Gasteiger partial charge in [-0.15, -0.1) is 0 Å². The van der Waals surface area contributed by atoms with Crippen molar-refractivity contribution in [2.24, 2.45) is 11.3 Å². The Morgan fingerprint density at radius 2 is 2.11 bits per heavy atom. The first-order valence-corrected chi connectivity index (χ1v) is 7.76. The molecule has 1 aliphatic heterocycles. The van der Waals surface area contributed by atoms with Crippen LogP contribution in [0.5, 0.6) is 0 Å². The van der Waals surface area contributed by atoms with E-state index in [-0.39, 0.29) is 12.5 Å². The van der Waals surface area contributed by atoms with Gasteiger partial charge in [-0.05, 0) is 39.5 Å². The van der Waals surface area contributed by atoms with Crippen LogP contribution in [0.1, 0.15) is 33.6 Å². The first-order valence-electron chi connectivity index (χ1n) is 6.26. The van der Waals surface area contributed by atoms with E-state index in [1.807, 2.05) is 0 Å². The summed E-state index contributed by atoms with van der Waals surface area (Å²) in [6, 6.07) is 1.73. The molecule has 0 bridgehead atoms. The molecule has 0 aromatic rings. The Bertz CT molecular complexity index is 492. The molecule has 1 aliphatic rings. The van der Waals surface area contributed by atoms with Crippen molar-refractivity contribution in [2.45, 2.75) is 38.9 Å². The van der Waals surface area contributed by atoms with Crippen molar-refractivity contribution >= 4 is 16.0 Å². The average molecular weight is 288 g/mol. The highest BCUT2D eigenvalue weighted by Gasteiger charge is 2.42. The van der Waals surface area contributed by atoms with E-state index < -0.39 is 26.7 Å². The summed E-state index contributed by atoms with van der Waals surface area (Å²) >= 11 is 0. The number of nitriles is 1. The zero-order chi connectivity index (χ0) is 14.8. The van der Waals surface area contributed by atoms with Gasteiger partial charge in [0.25, 0.3) is 0 Å². The van der Waals surface area contributed by atoms with Crippen LogP contribution in [0.4, 0.5) is 0 Å². The van der Waals surface area contributed by atoms with Gasteiger partial charge in [-0.2, -0.15) is 5.26 Å². The smallest absolute Gasteiger partial charge is 0.309 e. The van der Waals surface area contributed by atoms with Gasteiger partial charge >= 0.3 is 5.97 Å². The zero-order valence-electron chi connectivity index (χ0n) is 11.5. The lowest BCUT2D eigenvalue weighted by Gasteiger charge is -2.38. The van der Waals surface area contributed by atoms with Crippen LogP contribution in [0.25, 0.3) is 0 Å². The van der Waals surface area contributed by atoms with Gasteiger partial charge < -0.3 is 5.11 Å². The number of hydrogen-bond donors (Lipinski definition) is 1. The Balaban J connectivity index is 2.93. The van der Waals surface area contributed by atoms with Crippen molar-refractivity contribution < 1.29 is 18.3 Å². The molecular formula is C12H20N2O4S. The number of rotatable bonds is 4. The summed E-state index contributed by atoms with van der Waals surface area (Å²) in [7, 11) is -3.65. The SMILES string of the molecule is CC(C#N)S(=O)(=O)N1CCCC(C(C)(C)C(=O)O)C1. The lowest BCUT2D eigenvalue weighted by atomic mass is 9.75. The first-order chi connectivity index (χ1) is 8.64. The van der Waals surface area contributed by atoms with Crippen LogP contribution in [-0.2, 0) is 14.8 Å². The number of sulfonamides is 1. The molecule has 1 saturated heterocycles. The van der Waals surface area contributed by atoms with E-state index in [4.69, 9.17) is 5.26 Å². The summed E-state index contributed by atoms with van der Waals surface area (Å²) in [5.74, 6) is -1.16. The molecule has 7 heteroatoms. The van der Waals surface area contributed by atoms with Gasteiger partial charge in [0, 0.05) is 13.1 Å². The van der Waals surface area contributed by atoms with E-state index in [9.17, 15) is 18.3 Å². The fourth-order valence-electron chi connectivity index (χ4n) is 2.23. The van der Waals surface area contributed by atoms with Gasteiger partial charge in [0.1, 0.15) is 0 Å². The second-order valence-corrected chi connectivity index (χ2v) is 7.79. The largest absolute Gasteiger partial charge is 0.481 e. The molecule has 0 saturated carbocycles. The lowest BCUT2D eigenvalue weighted by Crippen LogP contribution is -2.48. The monoisotopic (exact) mass is 288 g/mol. The topological polar surface area (TPSA) is 98.5 Å². The second kappa shape index (κ2) is 5.47. The van der Waals surface area contributed by atoms with Gasteiger partial charge in [0.2, 0.25) is 10.0 Å². The fraction of sp³-hybridized carbons (Fsp3) is 0.833. The number of carboxylic acid groups (broad SMARTS) is 1. The molecule has 0 radical (unpaired) electrons. The number of aliphatic carboxylic acids is 1. The van der Waals surface area contributed by atoms with Crippen LogP contribution >= 0.6 is 0 Å². The normalized spacial score (nSPS) is 23.6. The molecule has 1 rings (SSSR count). The van der Waals surface area contributed by atoms with E-state index >= 15 is 0 Å². The Kier molecular flexibility index (Phi) is 4.59. The van der Waals surface area contributed by atoms with Crippen LogP contribution in [0, 0.1) is 22.7 Å². The van der Waals surface area contributed by atoms with Gasteiger partial charge in [0.05, 0.1) is 11.5 Å². The van der Waals surface area contributed by atoms with Crippen LogP contribution in [0.2, 0.25) is 0 Å². The zero-order valence-corrected chi connectivity index (χ0v) is 12.3. The quantitative estimate of drug-likeness (QED) is 0.833. The van der Waals surface area contributed by atoms with E-state index in [0.29, 0.717) is 19.4 Å². The van der Waals surface area contributed by atoms with Crippen molar-refractivity contribution in [1.82, 2.24) is 4.31 Å². The van der Waals surface area contributed by atoms with E-state index in [0.717, 1.165) is 0 Å². The highest BCUT2D eigenvalue weighted by Crippen LogP contribution is 2.35. The maximum absolute atomic E-state index is 12.1. The minimum absolute atomic E-state index is 0.174. The van der Waals surface area contributed by atoms with Crippen molar-refractivity contribution in [3.63, 3.8) is 0 Å². The Hall–Kier alpha value is -1.13. The molecule has 1 N–H and O–H groups in total. The van der Waals surface area contributed by atoms with E-state index in [2.05, 4.69) is 0 Å². The molecule has 108 valence electrons. The maximum Gasteiger partial charge on any atom is 0.309 e. The molecule has 0 aromatic heterocycles. The van der Waals surface area contributed by atoms with Crippen molar-refractivity contribution in [3.8, 4) is 6.07 Å². The molecule has 2 atom stereocenters. The number of nitrogens with zero attached hydrogens (tertiary/aromatic N) is 2. The van der Waals surface area contributed by atoms with E-state index in [1.165, 1.54) is 11.2 Å². The fourth-order valence-corrected chi connectivity index (χ4v) is 3.58. The summed E-state index contributed by atoms with van der Waals surface area (Å²) in [6.45, 7) is 5.11. The van der Waals surface area contributed by atoms with Crippen LogP contribution in [0.3, 0.4) is 0 Å².